The first-order valence-corrected chi connectivity index (χ1v) is 7.54. The lowest BCUT2D eigenvalue weighted by molar-refractivity contribution is -0.122. The molecule has 0 aliphatic carbocycles. The summed E-state index contributed by atoms with van der Waals surface area (Å²) in [5, 5.41) is 0. The second-order valence-corrected chi connectivity index (χ2v) is 5.60. The van der Waals surface area contributed by atoms with E-state index in [1.165, 1.54) is 25.7 Å². The highest BCUT2D eigenvalue weighted by Gasteiger charge is 2.15. The number of Topliss-reactive ketones (excluding diaryl/α,β-unsaturated/α-hetero) is 1. The van der Waals surface area contributed by atoms with Crippen molar-refractivity contribution in [3.05, 3.63) is 0 Å². The minimum atomic E-state index is 0.205. The van der Waals surface area contributed by atoms with Gasteiger partial charge in [-0.1, -0.05) is 19.8 Å². The lowest BCUT2D eigenvalue weighted by Crippen LogP contribution is -2.16. The predicted molar refractivity (Wildman–Crippen MR) is 74.5 cm³/mol. The maximum Gasteiger partial charge on any atom is 0.135 e. The van der Waals surface area contributed by atoms with Gasteiger partial charge in [0.05, 0.1) is 0 Å². The maximum absolute atomic E-state index is 11.8. The number of hydrogen-bond donors (Lipinski definition) is 1. The second-order valence-electron chi connectivity index (χ2n) is 5.60. The number of carbonyl (C=O) groups excluding carboxylic acids is 1. The van der Waals surface area contributed by atoms with E-state index in [1.54, 1.807) is 0 Å². The van der Waals surface area contributed by atoms with Crippen molar-refractivity contribution in [3.8, 4) is 0 Å². The first-order chi connectivity index (χ1) is 8.74. The summed E-state index contributed by atoms with van der Waals surface area (Å²) in [5.41, 5.74) is 5.46. The zero-order valence-corrected chi connectivity index (χ0v) is 11.8. The Morgan fingerprint density at radius 2 is 2.00 bits per heavy atom. The number of hydrogen-bond acceptors (Lipinski definition) is 3. The molecule has 18 heavy (non-hydrogen) atoms. The van der Waals surface area contributed by atoms with Gasteiger partial charge < -0.3 is 10.5 Å². The van der Waals surface area contributed by atoms with Gasteiger partial charge in [-0.05, 0) is 44.6 Å². The Balaban J connectivity index is 2.00. The smallest absolute Gasteiger partial charge is 0.135 e. The van der Waals surface area contributed by atoms with Crippen LogP contribution in [0.4, 0.5) is 0 Å². The molecule has 0 aromatic heterocycles. The molecule has 2 N–H and O–H groups in total. The van der Waals surface area contributed by atoms with E-state index >= 15 is 0 Å². The normalized spacial score (nSPS) is 18.8. The summed E-state index contributed by atoms with van der Waals surface area (Å²) in [5.74, 6) is 1.47. The predicted octanol–water partition coefficient (Wildman–Crippen LogP) is 2.92. The van der Waals surface area contributed by atoms with Crippen molar-refractivity contribution in [1.29, 1.82) is 0 Å². The number of unbranched alkanes of at least 4 members (excludes halogenated alkanes) is 1. The Morgan fingerprint density at radius 1 is 1.28 bits per heavy atom. The van der Waals surface area contributed by atoms with E-state index in [9.17, 15) is 4.79 Å². The quantitative estimate of drug-likeness (QED) is 0.644. The van der Waals surface area contributed by atoms with Crippen molar-refractivity contribution >= 4 is 5.78 Å². The molecule has 0 bridgehead atoms. The molecule has 0 aromatic rings. The lowest BCUT2D eigenvalue weighted by atomic mass is 9.92. The molecular weight excluding hydrogens is 226 g/mol. The van der Waals surface area contributed by atoms with Crippen LogP contribution in [-0.2, 0) is 9.53 Å². The van der Waals surface area contributed by atoms with Crippen molar-refractivity contribution in [3.63, 3.8) is 0 Å². The van der Waals surface area contributed by atoms with E-state index < -0.39 is 0 Å². The van der Waals surface area contributed by atoms with Crippen LogP contribution >= 0.6 is 0 Å². The van der Waals surface area contributed by atoms with Gasteiger partial charge >= 0.3 is 0 Å². The molecule has 106 valence electrons. The van der Waals surface area contributed by atoms with Crippen LogP contribution < -0.4 is 5.73 Å². The molecule has 1 aliphatic rings. The molecule has 0 aromatic carbocycles. The highest BCUT2D eigenvalue weighted by molar-refractivity contribution is 5.80. The summed E-state index contributed by atoms with van der Waals surface area (Å²) in [4.78, 5) is 11.8. The van der Waals surface area contributed by atoms with Gasteiger partial charge in [-0.15, -0.1) is 0 Å². The highest BCUT2D eigenvalue weighted by atomic mass is 16.5. The molecular formula is C15H29NO2. The molecule has 1 fully saturated rings. The molecule has 1 saturated heterocycles. The first kappa shape index (κ1) is 15.6. The van der Waals surface area contributed by atoms with Gasteiger partial charge in [-0.3, -0.25) is 4.79 Å². The molecule has 1 heterocycles. The van der Waals surface area contributed by atoms with Gasteiger partial charge in [0.15, 0.2) is 0 Å². The van der Waals surface area contributed by atoms with Gasteiger partial charge in [0.2, 0.25) is 0 Å². The van der Waals surface area contributed by atoms with E-state index in [2.05, 4.69) is 0 Å². The minimum Gasteiger partial charge on any atom is -0.381 e. The number of ether oxygens (including phenoxy) is 1. The largest absolute Gasteiger partial charge is 0.381 e. The zero-order valence-electron chi connectivity index (χ0n) is 11.8. The van der Waals surface area contributed by atoms with Crippen molar-refractivity contribution in [2.75, 3.05) is 19.8 Å². The summed E-state index contributed by atoms with van der Waals surface area (Å²) >= 11 is 0. The zero-order chi connectivity index (χ0) is 13.2. The van der Waals surface area contributed by atoms with Gasteiger partial charge in [-0.25, -0.2) is 0 Å². The van der Waals surface area contributed by atoms with E-state index in [0.29, 0.717) is 12.3 Å². The SMILES string of the molecule is CC(CCCN)C(=O)CCCCC1CCOCC1. The first-order valence-electron chi connectivity index (χ1n) is 7.54. The fourth-order valence-electron chi connectivity index (χ4n) is 2.60. The standard InChI is InChI=1S/C15H29NO2/c1-13(5-4-10-16)15(17)7-3-2-6-14-8-11-18-12-9-14/h13-14H,2-12,16H2,1H3. The van der Waals surface area contributed by atoms with Crippen LogP contribution in [0.15, 0.2) is 0 Å². The number of nitrogens with two attached hydrogens (primary N) is 1. The minimum absolute atomic E-state index is 0.205. The van der Waals surface area contributed by atoms with Gasteiger partial charge in [0, 0.05) is 25.6 Å². The van der Waals surface area contributed by atoms with E-state index in [4.69, 9.17) is 10.5 Å². The molecule has 1 unspecified atom stereocenters. The third-order valence-electron chi connectivity index (χ3n) is 4.02. The molecule has 3 nitrogen and oxygen atoms in total. The Hall–Kier alpha value is -0.410. The van der Waals surface area contributed by atoms with Gasteiger partial charge in [-0.2, -0.15) is 0 Å². The van der Waals surface area contributed by atoms with Crippen LogP contribution in [0.5, 0.6) is 0 Å². The summed E-state index contributed by atoms with van der Waals surface area (Å²) < 4.78 is 5.35. The molecule has 0 spiro atoms. The van der Waals surface area contributed by atoms with Crippen LogP contribution in [-0.4, -0.2) is 25.5 Å². The average Bonchev–Trinajstić information content (AvgIpc) is 2.41. The molecule has 1 rings (SSSR count). The third-order valence-corrected chi connectivity index (χ3v) is 4.02. The van der Waals surface area contributed by atoms with Crippen LogP contribution in [0.1, 0.15) is 58.3 Å². The van der Waals surface area contributed by atoms with Crippen molar-refractivity contribution in [1.82, 2.24) is 0 Å². The van der Waals surface area contributed by atoms with Crippen LogP contribution in [0.2, 0.25) is 0 Å². The summed E-state index contributed by atoms with van der Waals surface area (Å²) in [6.07, 6.45) is 8.62. The lowest BCUT2D eigenvalue weighted by Gasteiger charge is -2.21. The monoisotopic (exact) mass is 255 g/mol. The molecule has 0 amide bonds. The van der Waals surface area contributed by atoms with Gasteiger partial charge in [0.1, 0.15) is 5.78 Å². The summed E-state index contributed by atoms with van der Waals surface area (Å²) in [6, 6.07) is 0. The third kappa shape index (κ3) is 6.50. The van der Waals surface area contributed by atoms with Crippen LogP contribution in [0.3, 0.4) is 0 Å². The van der Waals surface area contributed by atoms with E-state index in [1.807, 2.05) is 6.92 Å². The molecule has 0 saturated carbocycles. The van der Waals surface area contributed by atoms with Crippen LogP contribution in [0.25, 0.3) is 0 Å². The molecule has 1 aliphatic heterocycles. The van der Waals surface area contributed by atoms with Gasteiger partial charge in [0.25, 0.3) is 0 Å². The highest BCUT2D eigenvalue weighted by Crippen LogP contribution is 2.21. The second kappa shape index (κ2) is 9.51. The van der Waals surface area contributed by atoms with Crippen molar-refractivity contribution in [2.24, 2.45) is 17.6 Å². The number of ketones is 1. The fraction of sp³-hybridized carbons (Fsp3) is 0.933. The Bertz CT molecular complexity index is 225. The van der Waals surface area contributed by atoms with E-state index in [-0.39, 0.29) is 5.92 Å². The average molecular weight is 255 g/mol. The van der Waals surface area contributed by atoms with Crippen LogP contribution in [0, 0.1) is 11.8 Å². The summed E-state index contributed by atoms with van der Waals surface area (Å²) in [6.45, 7) is 4.59. The van der Waals surface area contributed by atoms with Crippen molar-refractivity contribution in [2.45, 2.75) is 58.3 Å². The number of carbonyl (C=O) groups is 1. The Labute approximate surface area is 111 Å². The summed E-state index contributed by atoms with van der Waals surface area (Å²) in [7, 11) is 0. The molecule has 0 radical (unpaired) electrons. The Morgan fingerprint density at radius 3 is 2.67 bits per heavy atom. The topological polar surface area (TPSA) is 52.3 Å². The molecule has 3 heteroatoms. The Kier molecular flexibility index (Phi) is 8.27. The number of rotatable bonds is 9. The van der Waals surface area contributed by atoms with Crippen molar-refractivity contribution < 1.29 is 9.53 Å². The maximum atomic E-state index is 11.8. The molecule has 1 atom stereocenters. The van der Waals surface area contributed by atoms with E-state index in [0.717, 1.165) is 44.8 Å². The fourth-order valence-corrected chi connectivity index (χ4v) is 2.60.